The first-order valence-corrected chi connectivity index (χ1v) is 11.8. The van der Waals surface area contributed by atoms with Crippen LogP contribution in [0.5, 0.6) is 0 Å². The molecule has 176 valence electrons. The Balaban J connectivity index is 1.69. The minimum absolute atomic E-state index is 0.498. The summed E-state index contributed by atoms with van der Waals surface area (Å²) in [5, 5.41) is 0. The maximum Gasteiger partial charge on any atom is 0.230 e. The molecule has 1 aromatic heterocycles. The van der Waals surface area contributed by atoms with Gasteiger partial charge >= 0.3 is 0 Å². The fourth-order valence-corrected chi connectivity index (χ4v) is 4.67. The number of hydrogen-bond donors (Lipinski definition) is 0. The summed E-state index contributed by atoms with van der Waals surface area (Å²) in [7, 11) is 3.54. The Bertz CT molecular complexity index is 625. The minimum Gasteiger partial charge on any atom is -0.383 e. The zero-order valence-corrected chi connectivity index (χ0v) is 20.1. The molecule has 0 amide bonds. The van der Waals surface area contributed by atoms with E-state index >= 15 is 0 Å². The SMILES string of the molecule is CCC1CN(c2nc(C)nc(N3CCN(CCOC)C(CC)C3)n2)CCN1CCOC. The number of nitrogens with zero attached hydrogens (tertiary/aromatic N) is 7. The number of methoxy groups -OCH3 is 2. The van der Waals surface area contributed by atoms with Crippen molar-refractivity contribution in [2.45, 2.75) is 45.7 Å². The van der Waals surface area contributed by atoms with Gasteiger partial charge < -0.3 is 19.3 Å². The number of piperazine rings is 2. The zero-order chi connectivity index (χ0) is 22.2. The van der Waals surface area contributed by atoms with Crippen LogP contribution in [0, 0.1) is 6.92 Å². The number of aromatic nitrogens is 3. The predicted molar refractivity (Wildman–Crippen MR) is 124 cm³/mol. The molecule has 2 saturated heterocycles. The van der Waals surface area contributed by atoms with Crippen molar-refractivity contribution in [3.63, 3.8) is 0 Å². The third-order valence-electron chi connectivity index (χ3n) is 6.61. The Morgan fingerprint density at radius 1 is 0.742 bits per heavy atom. The van der Waals surface area contributed by atoms with E-state index in [0.29, 0.717) is 12.1 Å². The van der Waals surface area contributed by atoms with E-state index in [9.17, 15) is 0 Å². The van der Waals surface area contributed by atoms with E-state index in [-0.39, 0.29) is 0 Å². The van der Waals surface area contributed by atoms with E-state index < -0.39 is 0 Å². The highest BCUT2D eigenvalue weighted by Gasteiger charge is 2.30. The summed E-state index contributed by atoms with van der Waals surface area (Å²) < 4.78 is 10.6. The molecule has 1 aromatic rings. The topological polar surface area (TPSA) is 70.1 Å². The molecule has 0 bridgehead atoms. The second-order valence-electron chi connectivity index (χ2n) is 8.56. The number of anilines is 2. The number of hydrogen-bond acceptors (Lipinski definition) is 9. The molecule has 0 aromatic carbocycles. The van der Waals surface area contributed by atoms with Crippen molar-refractivity contribution in [3.8, 4) is 0 Å². The van der Waals surface area contributed by atoms with Crippen LogP contribution >= 0.6 is 0 Å². The van der Waals surface area contributed by atoms with Crippen LogP contribution in [0.2, 0.25) is 0 Å². The van der Waals surface area contributed by atoms with Gasteiger partial charge in [0, 0.05) is 78.7 Å². The molecule has 0 saturated carbocycles. The lowest BCUT2D eigenvalue weighted by molar-refractivity contribution is 0.108. The summed E-state index contributed by atoms with van der Waals surface area (Å²) in [6.45, 7) is 15.8. The lowest BCUT2D eigenvalue weighted by Gasteiger charge is -2.42. The molecule has 0 aliphatic carbocycles. The van der Waals surface area contributed by atoms with E-state index in [1.54, 1.807) is 14.2 Å². The second kappa shape index (κ2) is 11.9. The van der Waals surface area contributed by atoms with E-state index in [1.807, 2.05) is 6.92 Å². The van der Waals surface area contributed by atoms with Gasteiger partial charge in [-0.1, -0.05) is 13.8 Å². The summed E-state index contributed by atoms with van der Waals surface area (Å²) in [6.07, 6.45) is 2.22. The van der Waals surface area contributed by atoms with Crippen molar-refractivity contribution in [2.24, 2.45) is 0 Å². The monoisotopic (exact) mass is 435 g/mol. The van der Waals surface area contributed by atoms with Crippen LogP contribution in [-0.4, -0.2) is 117 Å². The largest absolute Gasteiger partial charge is 0.383 e. The van der Waals surface area contributed by atoms with Crippen molar-refractivity contribution in [2.75, 3.05) is 89.6 Å². The van der Waals surface area contributed by atoms with Crippen LogP contribution in [0.1, 0.15) is 32.5 Å². The molecular formula is C22H41N7O2. The smallest absolute Gasteiger partial charge is 0.230 e. The Morgan fingerprint density at radius 3 is 1.58 bits per heavy atom. The maximum absolute atomic E-state index is 5.29. The third kappa shape index (κ3) is 6.25. The molecule has 9 heteroatoms. The van der Waals surface area contributed by atoms with Crippen molar-refractivity contribution >= 4 is 11.9 Å². The van der Waals surface area contributed by atoms with Crippen LogP contribution in [0.4, 0.5) is 11.9 Å². The Morgan fingerprint density at radius 2 is 1.19 bits per heavy atom. The van der Waals surface area contributed by atoms with Crippen LogP contribution in [0.25, 0.3) is 0 Å². The molecule has 2 fully saturated rings. The molecule has 2 atom stereocenters. The molecule has 3 rings (SSSR count). The van der Waals surface area contributed by atoms with Gasteiger partial charge in [-0.3, -0.25) is 9.80 Å². The highest BCUT2D eigenvalue weighted by Crippen LogP contribution is 2.22. The zero-order valence-electron chi connectivity index (χ0n) is 20.1. The van der Waals surface area contributed by atoms with E-state index in [2.05, 4.69) is 33.4 Å². The molecule has 2 aliphatic rings. The fraction of sp³-hybridized carbons (Fsp3) is 0.864. The minimum atomic E-state index is 0.498. The summed E-state index contributed by atoms with van der Waals surface area (Å²) in [5.41, 5.74) is 0. The van der Waals surface area contributed by atoms with Crippen molar-refractivity contribution in [1.29, 1.82) is 0 Å². The third-order valence-corrected chi connectivity index (χ3v) is 6.61. The van der Waals surface area contributed by atoms with Gasteiger partial charge in [0.2, 0.25) is 11.9 Å². The Labute approximate surface area is 187 Å². The first kappa shape index (κ1) is 24.1. The molecule has 31 heavy (non-hydrogen) atoms. The number of aryl methyl sites for hydroxylation is 1. The van der Waals surface area contributed by atoms with Crippen LogP contribution in [0.3, 0.4) is 0 Å². The predicted octanol–water partition coefficient (Wildman–Crippen LogP) is 1.27. The van der Waals surface area contributed by atoms with Crippen molar-refractivity contribution < 1.29 is 9.47 Å². The fourth-order valence-electron chi connectivity index (χ4n) is 4.67. The average molecular weight is 436 g/mol. The molecule has 2 unspecified atom stereocenters. The molecule has 9 nitrogen and oxygen atoms in total. The van der Waals surface area contributed by atoms with Gasteiger partial charge in [0.1, 0.15) is 5.82 Å². The normalized spacial score (nSPS) is 23.5. The molecule has 0 N–H and O–H groups in total. The van der Waals surface area contributed by atoms with Gasteiger partial charge in [0.15, 0.2) is 0 Å². The summed E-state index contributed by atoms with van der Waals surface area (Å²) in [5.74, 6) is 2.44. The van der Waals surface area contributed by atoms with E-state index in [0.717, 1.165) is 96.1 Å². The summed E-state index contributed by atoms with van der Waals surface area (Å²) in [4.78, 5) is 24.1. The number of rotatable bonds is 10. The Hall–Kier alpha value is -1.55. The van der Waals surface area contributed by atoms with Gasteiger partial charge in [-0.2, -0.15) is 15.0 Å². The first-order valence-electron chi connectivity index (χ1n) is 11.8. The summed E-state index contributed by atoms with van der Waals surface area (Å²) >= 11 is 0. The molecule has 2 aliphatic heterocycles. The van der Waals surface area contributed by atoms with Crippen molar-refractivity contribution in [1.82, 2.24) is 24.8 Å². The summed E-state index contributed by atoms with van der Waals surface area (Å²) in [6, 6.07) is 0.997. The quantitative estimate of drug-likeness (QED) is 0.540. The molecule has 3 heterocycles. The number of ether oxygens (including phenoxy) is 2. The standard InChI is InChI=1S/C22H41N7O2/c1-6-19-16-28(10-8-26(19)12-14-30-4)21-23-18(3)24-22(25-21)29-11-9-27(13-15-31-5)20(7-2)17-29/h19-20H,6-17H2,1-5H3. The second-order valence-corrected chi connectivity index (χ2v) is 8.56. The average Bonchev–Trinajstić information content (AvgIpc) is 2.80. The molecule has 0 spiro atoms. The van der Waals surface area contributed by atoms with Crippen molar-refractivity contribution in [3.05, 3.63) is 5.82 Å². The van der Waals surface area contributed by atoms with Gasteiger partial charge in [0.05, 0.1) is 13.2 Å². The van der Waals surface area contributed by atoms with Gasteiger partial charge in [0.25, 0.3) is 0 Å². The first-order chi connectivity index (χ1) is 15.1. The lowest BCUT2D eigenvalue weighted by Crippen LogP contribution is -2.55. The Kier molecular flexibility index (Phi) is 9.25. The highest BCUT2D eigenvalue weighted by atomic mass is 16.5. The van der Waals surface area contributed by atoms with Crippen LogP contribution in [-0.2, 0) is 9.47 Å². The lowest BCUT2D eigenvalue weighted by atomic mass is 10.1. The van der Waals surface area contributed by atoms with Gasteiger partial charge in [-0.05, 0) is 19.8 Å². The van der Waals surface area contributed by atoms with Gasteiger partial charge in [-0.25, -0.2) is 0 Å². The van der Waals surface area contributed by atoms with Crippen LogP contribution in [0.15, 0.2) is 0 Å². The molecular weight excluding hydrogens is 394 g/mol. The van der Waals surface area contributed by atoms with E-state index in [4.69, 9.17) is 24.4 Å². The molecule has 0 radical (unpaired) electrons. The van der Waals surface area contributed by atoms with Crippen LogP contribution < -0.4 is 9.80 Å². The van der Waals surface area contributed by atoms with E-state index in [1.165, 1.54) is 0 Å². The highest BCUT2D eigenvalue weighted by molar-refractivity contribution is 5.40. The maximum atomic E-state index is 5.29. The van der Waals surface area contributed by atoms with Gasteiger partial charge in [-0.15, -0.1) is 0 Å².